The van der Waals surface area contributed by atoms with Gasteiger partial charge in [-0.2, -0.15) is 0 Å². The van der Waals surface area contributed by atoms with Crippen molar-refractivity contribution >= 4 is 6.03 Å². The Bertz CT molecular complexity index is 402. The standard InChI is InChI=1S/C18H32N2O4/c1-15-14-23-18(24-15)8-11-20(12-9-18)17(21)19-10-13-22-16-6-4-2-3-5-7-16/h15-16H,2-14H2,1H3,(H,19,21)/t15-/m0/s1. The minimum atomic E-state index is -0.446. The quantitative estimate of drug-likeness (QED) is 0.631. The van der Waals surface area contributed by atoms with Crippen LogP contribution in [0.2, 0.25) is 0 Å². The third kappa shape index (κ3) is 4.83. The molecule has 6 heteroatoms. The molecule has 2 amide bonds. The molecule has 0 aromatic rings. The molecule has 0 unspecified atom stereocenters. The third-order valence-electron chi connectivity index (χ3n) is 5.34. The van der Waals surface area contributed by atoms with E-state index in [0.29, 0.717) is 39.0 Å². The first kappa shape index (κ1) is 18.0. The van der Waals surface area contributed by atoms with Crippen molar-refractivity contribution in [1.82, 2.24) is 10.2 Å². The summed E-state index contributed by atoms with van der Waals surface area (Å²) in [5, 5.41) is 2.98. The van der Waals surface area contributed by atoms with Crippen molar-refractivity contribution in [3.8, 4) is 0 Å². The van der Waals surface area contributed by atoms with Crippen LogP contribution in [0.25, 0.3) is 0 Å². The molecule has 0 aromatic carbocycles. The molecule has 3 rings (SSSR count). The second-order valence-electron chi connectivity index (χ2n) is 7.35. The molecule has 2 saturated heterocycles. The van der Waals surface area contributed by atoms with E-state index in [9.17, 15) is 4.79 Å². The average molecular weight is 340 g/mol. The molecule has 1 aliphatic carbocycles. The molecule has 1 saturated carbocycles. The second-order valence-corrected chi connectivity index (χ2v) is 7.35. The van der Waals surface area contributed by atoms with E-state index in [1.165, 1.54) is 38.5 Å². The smallest absolute Gasteiger partial charge is 0.317 e. The molecule has 24 heavy (non-hydrogen) atoms. The Labute approximate surface area is 145 Å². The van der Waals surface area contributed by atoms with Crippen LogP contribution in [-0.4, -0.2) is 61.8 Å². The number of nitrogens with one attached hydrogen (secondary N) is 1. The SMILES string of the molecule is C[C@H]1COC2(CCN(C(=O)NCCOC3CCCCCC3)CC2)O1. The Kier molecular flexibility index (Phi) is 6.36. The molecular formula is C18H32N2O4. The van der Waals surface area contributed by atoms with E-state index >= 15 is 0 Å². The molecule has 2 aliphatic heterocycles. The van der Waals surface area contributed by atoms with E-state index < -0.39 is 5.79 Å². The van der Waals surface area contributed by atoms with Gasteiger partial charge < -0.3 is 24.4 Å². The lowest BCUT2D eigenvalue weighted by Crippen LogP contribution is -2.50. The van der Waals surface area contributed by atoms with Crippen molar-refractivity contribution in [1.29, 1.82) is 0 Å². The fourth-order valence-corrected chi connectivity index (χ4v) is 3.92. The summed E-state index contributed by atoms with van der Waals surface area (Å²) >= 11 is 0. The maximum atomic E-state index is 12.2. The molecule has 138 valence electrons. The summed E-state index contributed by atoms with van der Waals surface area (Å²) in [7, 11) is 0. The van der Waals surface area contributed by atoms with Crippen molar-refractivity contribution in [3.63, 3.8) is 0 Å². The molecule has 2 heterocycles. The molecule has 6 nitrogen and oxygen atoms in total. The van der Waals surface area contributed by atoms with E-state index in [1.807, 2.05) is 11.8 Å². The van der Waals surface area contributed by atoms with Gasteiger partial charge in [-0.15, -0.1) is 0 Å². The minimum Gasteiger partial charge on any atom is -0.376 e. The lowest BCUT2D eigenvalue weighted by atomic mass is 10.0. The molecule has 0 bridgehead atoms. The molecule has 1 spiro atoms. The number of carbonyl (C=O) groups is 1. The topological polar surface area (TPSA) is 60.0 Å². The highest BCUT2D eigenvalue weighted by molar-refractivity contribution is 5.74. The van der Waals surface area contributed by atoms with Crippen LogP contribution in [0.15, 0.2) is 0 Å². The number of amides is 2. The number of hydrogen-bond donors (Lipinski definition) is 1. The Balaban J connectivity index is 1.30. The number of carbonyl (C=O) groups excluding carboxylic acids is 1. The monoisotopic (exact) mass is 340 g/mol. The summed E-state index contributed by atoms with van der Waals surface area (Å²) in [6.45, 7) is 5.25. The normalized spacial score (nSPS) is 28.0. The first-order valence-corrected chi connectivity index (χ1v) is 9.63. The predicted molar refractivity (Wildman–Crippen MR) is 90.9 cm³/mol. The third-order valence-corrected chi connectivity index (χ3v) is 5.34. The Morgan fingerprint density at radius 2 is 1.92 bits per heavy atom. The van der Waals surface area contributed by atoms with Crippen LogP contribution in [0.1, 0.15) is 58.3 Å². The largest absolute Gasteiger partial charge is 0.376 e. The Morgan fingerprint density at radius 1 is 1.21 bits per heavy atom. The number of piperidine rings is 1. The Morgan fingerprint density at radius 3 is 2.54 bits per heavy atom. The summed E-state index contributed by atoms with van der Waals surface area (Å²) < 4.78 is 17.6. The van der Waals surface area contributed by atoms with Gasteiger partial charge in [0.05, 0.1) is 25.4 Å². The van der Waals surface area contributed by atoms with Crippen LogP contribution in [-0.2, 0) is 14.2 Å². The maximum absolute atomic E-state index is 12.2. The van der Waals surface area contributed by atoms with Crippen molar-refractivity contribution in [2.75, 3.05) is 32.8 Å². The summed E-state index contributed by atoms with van der Waals surface area (Å²) in [6.07, 6.45) is 9.60. The zero-order valence-electron chi connectivity index (χ0n) is 14.9. The summed E-state index contributed by atoms with van der Waals surface area (Å²) in [5.74, 6) is -0.446. The highest BCUT2D eigenvalue weighted by Crippen LogP contribution is 2.33. The number of rotatable bonds is 4. The van der Waals surface area contributed by atoms with Crippen LogP contribution >= 0.6 is 0 Å². The van der Waals surface area contributed by atoms with Crippen molar-refractivity contribution in [2.24, 2.45) is 0 Å². The number of likely N-dealkylation sites (tertiary alicyclic amines) is 1. The van der Waals surface area contributed by atoms with Gasteiger partial charge in [0.25, 0.3) is 0 Å². The van der Waals surface area contributed by atoms with Crippen molar-refractivity contribution in [3.05, 3.63) is 0 Å². The molecule has 1 N–H and O–H groups in total. The minimum absolute atomic E-state index is 0.000335. The van der Waals surface area contributed by atoms with Gasteiger partial charge in [0, 0.05) is 32.5 Å². The van der Waals surface area contributed by atoms with Crippen LogP contribution in [0, 0.1) is 0 Å². The molecule has 3 aliphatic rings. The molecule has 1 atom stereocenters. The van der Waals surface area contributed by atoms with E-state index in [-0.39, 0.29) is 12.1 Å². The summed E-state index contributed by atoms with van der Waals surface area (Å²) in [4.78, 5) is 14.1. The number of nitrogens with zero attached hydrogens (tertiary/aromatic N) is 1. The first-order valence-electron chi connectivity index (χ1n) is 9.63. The van der Waals surface area contributed by atoms with E-state index in [0.717, 1.165) is 12.8 Å². The van der Waals surface area contributed by atoms with Crippen LogP contribution in [0.5, 0.6) is 0 Å². The maximum Gasteiger partial charge on any atom is 0.317 e. The van der Waals surface area contributed by atoms with Gasteiger partial charge in [-0.1, -0.05) is 25.7 Å². The van der Waals surface area contributed by atoms with Crippen LogP contribution in [0.3, 0.4) is 0 Å². The second kappa shape index (κ2) is 8.50. The van der Waals surface area contributed by atoms with Crippen LogP contribution in [0.4, 0.5) is 4.79 Å². The highest BCUT2D eigenvalue weighted by Gasteiger charge is 2.43. The van der Waals surface area contributed by atoms with Gasteiger partial charge in [-0.3, -0.25) is 0 Å². The van der Waals surface area contributed by atoms with Crippen molar-refractivity contribution in [2.45, 2.75) is 76.3 Å². The molecule has 0 aromatic heterocycles. The zero-order valence-corrected chi connectivity index (χ0v) is 14.9. The first-order chi connectivity index (χ1) is 11.7. The van der Waals surface area contributed by atoms with Crippen LogP contribution < -0.4 is 5.32 Å². The molecular weight excluding hydrogens is 308 g/mol. The number of urea groups is 1. The van der Waals surface area contributed by atoms with Gasteiger partial charge in [-0.05, 0) is 19.8 Å². The molecule has 0 radical (unpaired) electrons. The van der Waals surface area contributed by atoms with Gasteiger partial charge in [0.15, 0.2) is 5.79 Å². The zero-order chi connectivity index (χ0) is 16.8. The number of hydrogen-bond acceptors (Lipinski definition) is 4. The van der Waals surface area contributed by atoms with E-state index in [1.54, 1.807) is 0 Å². The fraction of sp³-hybridized carbons (Fsp3) is 0.944. The van der Waals surface area contributed by atoms with E-state index in [4.69, 9.17) is 14.2 Å². The number of ether oxygens (including phenoxy) is 3. The highest BCUT2D eigenvalue weighted by atomic mass is 16.7. The van der Waals surface area contributed by atoms with E-state index in [2.05, 4.69) is 5.32 Å². The summed E-state index contributed by atoms with van der Waals surface area (Å²) in [6, 6.07) is 0.000335. The van der Waals surface area contributed by atoms with Gasteiger partial charge in [-0.25, -0.2) is 4.79 Å². The lowest BCUT2D eigenvalue weighted by Gasteiger charge is -2.37. The predicted octanol–water partition coefficient (Wildman–Crippen LogP) is 2.66. The van der Waals surface area contributed by atoms with Gasteiger partial charge in [0.2, 0.25) is 0 Å². The Hall–Kier alpha value is -0.850. The van der Waals surface area contributed by atoms with Gasteiger partial charge >= 0.3 is 6.03 Å². The molecule has 3 fully saturated rings. The van der Waals surface area contributed by atoms with Gasteiger partial charge in [0.1, 0.15) is 0 Å². The fourth-order valence-electron chi connectivity index (χ4n) is 3.92. The van der Waals surface area contributed by atoms with Crippen molar-refractivity contribution < 1.29 is 19.0 Å². The lowest BCUT2D eigenvalue weighted by molar-refractivity contribution is -0.189. The summed E-state index contributed by atoms with van der Waals surface area (Å²) in [5.41, 5.74) is 0. The average Bonchev–Trinajstić information content (AvgIpc) is 2.78.